The molecule has 4 rings (SSSR count). The molecule has 0 atom stereocenters. The summed E-state index contributed by atoms with van der Waals surface area (Å²) in [7, 11) is 0. The van der Waals surface area contributed by atoms with Gasteiger partial charge in [-0.15, -0.1) is 0 Å². The number of carbonyl (C=O) groups excluding carboxylic acids is 4. The summed E-state index contributed by atoms with van der Waals surface area (Å²) in [6.45, 7) is 4.63. The Morgan fingerprint density at radius 3 is 0.809 bits per heavy atom. The molecule has 0 aliphatic rings. The van der Waals surface area contributed by atoms with Gasteiger partial charge in [-0.1, -0.05) is 48.5 Å². The molecular weight excluding hydrogens is 869 g/mol. The van der Waals surface area contributed by atoms with Gasteiger partial charge in [-0.05, 0) is 48.5 Å². The second-order valence-electron chi connectivity index (χ2n) is 15.5. The predicted molar refractivity (Wildman–Crippen MR) is 266 cm³/mol. The van der Waals surface area contributed by atoms with E-state index in [9.17, 15) is 39.6 Å². The fraction of sp³-hybridized carbons (Fsp3) is 0.360. The zero-order chi connectivity index (χ0) is 48.6. The van der Waals surface area contributed by atoms with Crippen LogP contribution in [0.5, 0.6) is 23.0 Å². The molecule has 0 aliphatic heterocycles. The Bertz CT molecular complexity index is 1990. The predicted octanol–water partition coefficient (Wildman–Crippen LogP) is 2.91. The summed E-state index contributed by atoms with van der Waals surface area (Å²) in [5.74, 6) is -0.321. The number of aliphatic imine (C=N–C) groups is 4. The molecule has 18 heteroatoms. The number of para-hydroxylation sites is 4. The number of aromatic hydroxyl groups is 4. The van der Waals surface area contributed by atoms with E-state index in [1.54, 1.807) is 122 Å². The summed E-state index contributed by atoms with van der Waals surface area (Å²) >= 11 is 0. The smallest absolute Gasteiger partial charge is 0.221 e. The van der Waals surface area contributed by atoms with Crippen molar-refractivity contribution in [2.45, 2.75) is 25.7 Å². The van der Waals surface area contributed by atoms with Crippen molar-refractivity contribution in [3.8, 4) is 23.0 Å². The highest BCUT2D eigenvalue weighted by Gasteiger charge is 2.16. The Labute approximate surface area is 397 Å². The van der Waals surface area contributed by atoms with E-state index in [4.69, 9.17) is 0 Å². The molecule has 4 aromatic carbocycles. The molecule has 4 aromatic rings. The summed E-state index contributed by atoms with van der Waals surface area (Å²) < 4.78 is 0. The maximum Gasteiger partial charge on any atom is 0.221 e. The second kappa shape index (κ2) is 31.5. The summed E-state index contributed by atoms with van der Waals surface area (Å²) in [5.41, 5.74) is 2.31. The van der Waals surface area contributed by atoms with E-state index in [0.29, 0.717) is 114 Å². The van der Waals surface area contributed by atoms with Crippen molar-refractivity contribution in [1.29, 1.82) is 0 Å². The van der Waals surface area contributed by atoms with E-state index in [1.165, 1.54) is 0 Å². The van der Waals surface area contributed by atoms with Gasteiger partial charge in [0.25, 0.3) is 0 Å². The van der Waals surface area contributed by atoms with Gasteiger partial charge in [0.1, 0.15) is 23.0 Å². The first-order valence-corrected chi connectivity index (χ1v) is 22.7. The number of carbonyl (C=O) groups is 4. The minimum absolute atomic E-state index is 0.115. The number of hydrogen-bond acceptors (Lipinski definition) is 14. The number of nitrogens with one attached hydrogen (secondary N) is 4. The third-order valence-corrected chi connectivity index (χ3v) is 10.3. The van der Waals surface area contributed by atoms with Crippen LogP contribution in [-0.4, -0.2) is 170 Å². The number of benzene rings is 4. The van der Waals surface area contributed by atoms with E-state index in [2.05, 4.69) is 41.2 Å². The first-order chi connectivity index (χ1) is 33.1. The zero-order valence-corrected chi connectivity index (χ0v) is 38.4. The van der Waals surface area contributed by atoms with Gasteiger partial charge < -0.3 is 51.5 Å². The van der Waals surface area contributed by atoms with Gasteiger partial charge in [0.15, 0.2) is 0 Å². The quantitative estimate of drug-likeness (QED) is 0.0271. The van der Waals surface area contributed by atoms with Crippen LogP contribution in [0, 0.1) is 0 Å². The van der Waals surface area contributed by atoms with E-state index < -0.39 is 0 Å². The molecule has 8 N–H and O–H groups in total. The molecule has 0 aromatic heterocycles. The van der Waals surface area contributed by atoms with Gasteiger partial charge in [0.05, 0.1) is 26.2 Å². The molecule has 0 radical (unpaired) electrons. The lowest BCUT2D eigenvalue weighted by atomic mass is 10.2. The number of phenolic OH excluding ortho intramolecular Hbond substituents is 4. The van der Waals surface area contributed by atoms with Crippen molar-refractivity contribution in [3.63, 3.8) is 0 Å². The van der Waals surface area contributed by atoms with Crippen LogP contribution in [0.4, 0.5) is 0 Å². The lowest BCUT2D eigenvalue weighted by Crippen LogP contribution is -2.41. The van der Waals surface area contributed by atoms with Crippen LogP contribution < -0.4 is 21.3 Å². The Morgan fingerprint density at radius 1 is 0.368 bits per heavy atom. The van der Waals surface area contributed by atoms with Crippen molar-refractivity contribution in [3.05, 3.63) is 119 Å². The summed E-state index contributed by atoms with van der Waals surface area (Å²) in [6, 6.07) is 27.3. The lowest BCUT2D eigenvalue weighted by molar-refractivity contribution is -0.123. The molecule has 0 saturated heterocycles. The molecule has 0 spiro atoms. The number of nitrogens with zero attached hydrogens (tertiary/aromatic N) is 6. The summed E-state index contributed by atoms with van der Waals surface area (Å²) in [6.07, 6.45) is 6.81. The van der Waals surface area contributed by atoms with Gasteiger partial charge in [0.2, 0.25) is 23.6 Å². The van der Waals surface area contributed by atoms with Crippen LogP contribution in [0.25, 0.3) is 0 Å². The SMILES string of the molecule is O=C(CCN(CCC(=O)NCCN=Cc1ccccc1O)CCN(CCC(=O)NCCN=Cc1ccccc1O)CCC(=O)NCCN=Cc1ccccc1O)NCCN=Cc1ccccc1O. The van der Waals surface area contributed by atoms with Crippen molar-refractivity contribution in [2.75, 3.05) is 91.6 Å². The molecule has 362 valence electrons. The highest BCUT2D eigenvalue weighted by molar-refractivity contribution is 5.85. The van der Waals surface area contributed by atoms with Crippen molar-refractivity contribution < 1.29 is 39.6 Å². The molecule has 0 heterocycles. The van der Waals surface area contributed by atoms with Gasteiger partial charge in [-0.2, -0.15) is 0 Å². The molecule has 4 amide bonds. The standard InChI is InChI=1S/C50H64N10O8/c61-43-13-5-1-9-39(43)35-51-21-25-55-47(65)17-29-59(30-18-48(66)56-26-22-52-36-40-10-2-6-14-44(40)62)33-34-60(31-19-49(67)57-27-23-53-37-41-11-3-7-15-45(41)63)32-20-50(68)58-28-24-54-38-42-12-4-8-16-46(42)64/h1-16,35-38,61-64H,17-34H2,(H,55,65)(H,56,66)(H,57,67)(H,58,68). The fourth-order valence-corrected chi connectivity index (χ4v) is 6.42. The first-order valence-electron chi connectivity index (χ1n) is 22.7. The molecule has 0 saturated carbocycles. The minimum atomic E-state index is -0.195. The number of hydrogen-bond donors (Lipinski definition) is 8. The van der Waals surface area contributed by atoms with Crippen LogP contribution in [0.15, 0.2) is 117 Å². The van der Waals surface area contributed by atoms with Crippen molar-refractivity contribution in [2.24, 2.45) is 20.0 Å². The number of amides is 4. The maximum atomic E-state index is 12.9. The van der Waals surface area contributed by atoms with Crippen LogP contribution >= 0.6 is 0 Å². The van der Waals surface area contributed by atoms with Gasteiger partial charge in [-0.25, -0.2) is 0 Å². The van der Waals surface area contributed by atoms with Gasteiger partial charge in [0, 0.05) is 138 Å². The molecule has 0 unspecified atom stereocenters. The average Bonchev–Trinajstić information content (AvgIpc) is 3.33. The Kier molecular flexibility index (Phi) is 24.6. The Balaban J connectivity index is 1.31. The van der Waals surface area contributed by atoms with Crippen LogP contribution in [0.1, 0.15) is 47.9 Å². The van der Waals surface area contributed by atoms with E-state index in [0.717, 1.165) is 0 Å². The largest absolute Gasteiger partial charge is 0.507 e. The van der Waals surface area contributed by atoms with Crippen molar-refractivity contribution >= 4 is 48.5 Å². The third kappa shape index (κ3) is 22.2. The lowest BCUT2D eigenvalue weighted by Gasteiger charge is -2.27. The van der Waals surface area contributed by atoms with E-state index in [1.807, 2.05) is 9.80 Å². The zero-order valence-electron chi connectivity index (χ0n) is 38.4. The molecule has 18 nitrogen and oxygen atoms in total. The topological polar surface area (TPSA) is 253 Å². The Hall–Kier alpha value is -7.44. The van der Waals surface area contributed by atoms with E-state index >= 15 is 0 Å². The van der Waals surface area contributed by atoms with Crippen molar-refractivity contribution in [1.82, 2.24) is 31.1 Å². The highest BCUT2D eigenvalue weighted by atomic mass is 16.3. The molecule has 0 aliphatic carbocycles. The normalized spacial score (nSPS) is 11.6. The van der Waals surface area contributed by atoms with E-state index in [-0.39, 0.29) is 72.3 Å². The fourth-order valence-electron chi connectivity index (χ4n) is 6.42. The number of phenols is 4. The van der Waals surface area contributed by atoms with Crippen LogP contribution in [0.3, 0.4) is 0 Å². The van der Waals surface area contributed by atoms with Gasteiger partial charge in [-0.3, -0.25) is 39.1 Å². The minimum Gasteiger partial charge on any atom is -0.507 e. The monoisotopic (exact) mass is 932 g/mol. The first kappa shape index (κ1) is 53.2. The summed E-state index contributed by atoms with van der Waals surface area (Å²) in [5, 5.41) is 51.3. The van der Waals surface area contributed by atoms with Gasteiger partial charge >= 0.3 is 0 Å². The highest BCUT2D eigenvalue weighted by Crippen LogP contribution is 2.15. The molecule has 0 bridgehead atoms. The van der Waals surface area contributed by atoms with Crippen LogP contribution in [0.2, 0.25) is 0 Å². The molecule has 0 fully saturated rings. The summed E-state index contributed by atoms with van der Waals surface area (Å²) in [4.78, 5) is 73.0. The van der Waals surface area contributed by atoms with Crippen LogP contribution in [-0.2, 0) is 19.2 Å². The average molecular weight is 933 g/mol. The Morgan fingerprint density at radius 2 is 0.588 bits per heavy atom. The molecule has 68 heavy (non-hydrogen) atoms. The second-order valence-corrected chi connectivity index (χ2v) is 15.5. The number of rotatable bonds is 31. The molecular formula is C50H64N10O8. The third-order valence-electron chi connectivity index (χ3n) is 10.3. The maximum absolute atomic E-state index is 12.9.